The Bertz CT molecular complexity index is 813. The number of hydrogen-bond acceptors (Lipinski definition) is 5. The minimum atomic E-state index is -0.876. The first-order chi connectivity index (χ1) is 11.5. The van der Waals surface area contributed by atoms with Gasteiger partial charge in [-0.2, -0.15) is 0 Å². The molecule has 0 radical (unpaired) electrons. The molecule has 0 aromatic carbocycles. The van der Waals surface area contributed by atoms with E-state index in [0.717, 1.165) is 11.4 Å². The van der Waals surface area contributed by atoms with Gasteiger partial charge in [0.25, 0.3) is 5.91 Å². The van der Waals surface area contributed by atoms with Crippen molar-refractivity contribution >= 4 is 28.1 Å². The maximum Gasteiger partial charge on any atom is 0.272 e. The zero-order chi connectivity index (χ0) is 16.9. The molecule has 24 heavy (non-hydrogen) atoms. The van der Waals surface area contributed by atoms with Gasteiger partial charge in [0.15, 0.2) is 4.96 Å². The number of piperidine rings is 2. The summed E-state index contributed by atoms with van der Waals surface area (Å²) in [4.78, 5) is 32.5. The fourth-order valence-electron chi connectivity index (χ4n) is 3.92. The van der Waals surface area contributed by atoms with Crippen LogP contribution >= 0.6 is 11.3 Å². The summed E-state index contributed by atoms with van der Waals surface area (Å²) in [6, 6.07) is 0. The molecule has 2 aromatic rings. The van der Waals surface area contributed by atoms with Gasteiger partial charge in [-0.15, -0.1) is 11.3 Å². The fraction of sp³-hybridized carbons (Fsp3) is 0.562. The molecule has 7 nitrogen and oxygen atoms in total. The third kappa shape index (κ3) is 2.16. The lowest BCUT2D eigenvalue weighted by Crippen LogP contribution is -2.62. The number of likely N-dealkylation sites (tertiary alicyclic amines) is 1. The van der Waals surface area contributed by atoms with Gasteiger partial charge in [-0.1, -0.05) is 0 Å². The third-order valence-corrected chi connectivity index (χ3v) is 6.00. The van der Waals surface area contributed by atoms with E-state index < -0.39 is 11.5 Å². The summed E-state index contributed by atoms with van der Waals surface area (Å²) in [5.41, 5.74) is 0.368. The molecule has 0 saturated carbocycles. The van der Waals surface area contributed by atoms with Gasteiger partial charge in [0.05, 0.1) is 17.2 Å². The van der Waals surface area contributed by atoms with Crippen molar-refractivity contribution in [3.8, 4) is 0 Å². The van der Waals surface area contributed by atoms with Crippen LogP contribution in [-0.4, -0.2) is 56.9 Å². The number of fused-ring (bicyclic) bond motifs is 1. The second-order valence-corrected chi connectivity index (χ2v) is 7.52. The topological polar surface area (TPSA) is 86.9 Å². The van der Waals surface area contributed by atoms with Gasteiger partial charge >= 0.3 is 0 Å². The number of hydrogen-bond donors (Lipinski definition) is 2. The molecule has 2 aliphatic rings. The van der Waals surface area contributed by atoms with Crippen LogP contribution in [0.3, 0.4) is 0 Å². The molecule has 8 heteroatoms. The molecular formula is C16H20N4O3S. The van der Waals surface area contributed by atoms with Crippen LogP contribution in [0.4, 0.5) is 0 Å². The summed E-state index contributed by atoms with van der Waals surface area (Å²) < 4.78 is 1.81. The highest BCUT2D eigenvalue weighted by molar-refractivity contribution is 7.15. The summed E-state index contributed by atoms with van der Waals surface area (Å²) >= 11 is 1.49. The molecule has 2 amide bonds. The highest BCUT2D eigenvalue weighted by atomic mass is 32.1. The van der Waals surface area contributed by atoms with Gasteiger partial charge in [0.1, 0.15) is 5.69 Å². The predicted octanol–water partition coefficient (Wildman–Crippen LogP) is 0.807. The minimum absolute atomic E-state index is 0.122. The molecule has 4 rings (SSSR count). The van der Waals surface area contributed by atoms with Crippen molar-refractivity contribution in [2.75, 3.05) is 19.6 Å². The Kier molecular flexibility index (Phi) is 3.61. The van der Waals surface area contributed by atoms with Crippen LogP contribution in [0.1, 0.15) is 35.4 Å². The van der Waals surface area contributed by atoms with Crippen LogP contribution in [0.2, 0.25) is 0 Å². The number of amides is 2. The van der Waals surface area contributed by atoms with Gasteiger partial charge in [0.2, 0.25) is 5.91 Å². The van der Waals surface area contributed by atoms with E-state index in [1.54, 1.807) is 9.30 Å². The second kappa shape index (κ2) is 5.56. The highest BCUT2D eigenvalue weighted by Crippen LogP contribution is 2.38. The summed E-state index contributed by atoms with van der Waals surface area (Å²) in [7, 11) is 0. The van der Waals surface area contributed by atoms with E-state index in [-0.39, 0.29) is 18.4 Å². The summed E-state index contributed by atoms with van der Waals surface area (Å²) in [5, 5.41) is 15.2. The molecule has 2 N–H and O–H groups in total. The number of nitrogens with zero attached hydrogens (tertiary/aromatic N) is 3. The Labute approximate surface area is 143 Å². The molecule has 2 aromatic heterocycles. The van der Waals surface area contributed by atoms with Crippen molar-refractivity contribution in [1.29, 1.82) is 0 Å². The molecule has 2 fully saturated rings. The molecule has 128 valence electrons. The van der Waals surface area contributed by atoms with Crippen molar-refractivity contribution < 1.29 is 14.7 Å². The maximum atomic E-state index is 13.1. The van der Waals surface area contributed by atoms with E-state index >= 15 is 0 Å². The lowest BCUT2D eigenvalue weighted by Gasteiger charge is -2.46. The van der Waals surface area contributed by atoms with E-state index in [0.29, 0.717) is 37.3 Å². The Morgan fingerprint density at radius 3 is 3.17 bits per heavy atom. The van der Waals surface area contributed by atoms with Crippen LogP contribution in [0.15, 0.2) is 11.6 Å². The quantitative estimate of drug-likeness (QED) is 0.798. The third-order valence-electron chi connectivity index (χ3n) is 5.25. The van der Waals surface area contributed by atoms with E-state index in [4.69, 9.17) is 0 Å². The first kappa shape index (κ1) is 15.6. The average molecular weight is 348 g/mol. The van der Waals surface area contributed by atoms with Gasteiger partial charge in [-0.25, -0.2) is 4.98 Å². The largest absolute Gasteiger partial charge is 0.392 e. The van der Waals surface area contributed by atoms with Crippen LogP contribution < -0.4 is 5.32 Å². The number of rotatable bonds is 1. The van der Waals surface area contributed by atoms with Crippen molar-refractivity contribution in [2.24, 2.45) is 5.41 Å². The van der Waals surface area contributed by atoms with Crippen LogP contribution in [0, 0.1) is 12.3 Å². The fourth-order valence-corrected chi connectivity index (χ4v) is 4.68. The average Bonchev–Trinajstić information content (AvgIpc) is 3.12. The monoisotopic (exact) mass is 348 g/mol. The van der Waals surface area contributed by atoms with Crippen LogP contribution in [0.25, 0.3) is 4.96 Å². The maximum absolute atomic E-state index is 13.1. The molecule has 0 aliphatic carbocycles. The number of nitrogens with one attached hydrogen (secondary N) is 1. The number of carbonyl (C=O) groups excluding carboxylic acids is 2. The number of aromatic nitrogens is 2. The first-order valence-corrected chi connectivity index (χ1v) is 9.09. The zero-order valence-electron chi connectivity index (χ0n) is 13.5. The number of carbonyl (C=O) groups is 2. The number of aliphatic hydroxyl groups excluding tert-OH is 1. The van der Waals surface area contributed by atoms with Crippen molar-refractivity contribution in [1.82, 2.24) is 19.6 Å². The standard InChI is InChI=1S/C16H20N4O3S/c1-10-12(20-7-8-24-15(20)18-10)13(22)19-6-3-11(21)16(9-19)4-2-5-17-14(16)23/h7-8,11,21H,2-6,9H2,1H3,(H,17,23)/t11-,16-/m1/s1. The lowest BCUT2D eigenvalue weighted by atomic mass is 9.71. The highest BCUT2D eigenvalue weighted by Gasteiger charge is 2.51. The van der Waals surface area contributed by atoms with Crippen LogP contribution in [-0.2, 0) is 4.79 Å². The summed E-state index contributed by atoms with van der Waals surface area (Å²) in [6.07, 6.45) is 3.00. The summed E-state index contributed by atoms with van der Waals surface area (Å²) in [6.45, 7) is 3.18. The molecule has 2 saturated heterocycles. The lowest BCUT2D eigenvalue weighted by molar-refractivity contribution is -0.147. The van der Waals surface area contributed by atoms with Crippen molar-refractivity contribution in [2.45, 2.75) is 32.3 Å². The molecule has 2 atom stereocenters. The Morgan fingerprint density at radius 1 is 1.54 bits per heavy atom. The normalized spacial score (nSPS) is 27.7. The Morgan fingerprint density at radius 2 is 2.38 bits per heavy atom. The van der Waals surface area contributed by atoms with Crippen molar-refractivity contribution in [3.63, 3.8) is 0 Å². The molecular weight excluding hydrogens is 328 g/mol. The molecule has 4 heterocycles. The van der Waals surface area contributed by atoms with Crippen LogP contribution in [0.5, 0.6) is 0 Å². The van der Waals surface area contributed by atoms with E-state index in [1.807, 2.05) is 18.5 Å². The molecule has 0 unspecified atom stereocenters. The first-order valence-electron chi connectivity index (χ1n) is 8.21. The molecule has 2 aliphatic heterocycles. The number of aliphatic hydroxyl groups is 1. The molecule has 1 spiro atoms. The Hall–Kier alpha value is -1.93. The smallest absolute Gasteiger partial charge is 0.272 e. The Balaban J connectivity index is 1.67. The van der Waals surface area contributed by atoms with Gasteiger partial charge < -0.3 is 15.3 Å². The van der Waals surface area contributed by atoms with Gasteiger partial charge in [0, 0.05) is 31.2 Å². The SMILES string of the molecule is Cc1nc2sccn2c1C(=O)N1CC[C@@H](O)[C@@]2(CCCNC2=O)C1. The van der Waals surface area contributed by atoms with E-state index in [9.17, 15) is 14.7 Å². The minimum Gasteiger partial charge on any atom is -0.392 e. The number of imidazole rings is 1. The van der Waals surface area contributed by atoms with Gasteiger partial charge in [-0.3, -0.25) is 14.0 Å². The van der Waals surface area contributed by atoms with Crippen molar-refractivity contribution in [3.05, 3.63) is 23.0 Å². The predicted molar refractivity (Wildman–Crippen MR) is 89.0 cm³/mol. The van der Waals surface area contributed by atoms with Gasteiger partial charge in [-0.05, 0) is 26.2 Å². The zero-order valence-corrected chi connectivity index (χ0v) is 14.3. The van der Waals surface area contributed by atoms with E-state index in [1.165, 1.54) is 11.3 Å². The number of thiazole rings is 1. The van der Waals surface area contributed by atoms with E-state index in [2.05, 4.69) is 10.3 Å². The summed E-state index contributed by atoms with van der Waals surface area (Å²) in [5.74, 6) is -0.257. The number of aryl methyl sites for hydroxylation is 1. The molecule has 0 bridgehead atoms. The second-order valence-electron chi connectivity index (χ2n) is 6.65.